The van der Waals surface area contributed by atoms with Gasteiger partial charge in [-0.1, -0.05) is 17.7 Å². The molecular formula is C11H14ClNO. The summed E-state index contributed by atoms with van der Waals surface area (Å²) in [5, 5.41) is 0.678. The molecule has 0 aliphatic carbocycles. The Morgan fingerprint density at radius 3 is 3.07 bits per heavy atom. The fourth-order valence-corrected chi connectivity index (χ4v) is 2.15. The van der Waals surface area contributed by atoms with E-state index in [0.717, 1.165) is 29.7 Å². The van der Waals surface area contributed by atoms with Crippen LogP contribution in [0.15, 0.2) is 12.1 Å². The predicted octanol–water partition coefficient (Wildman–Crippen LogP) is 2.82. The van der Waals surface area contributed by atoms with E-state index < -0.39 is 0 Å². The number of benzene rings is 1. The highest BCUT2D eigenvalue weighted by Gasteiger charge is 2.19. The molecule has 3 heteroatoms. The summed E-state index contributed by atoms with van der Waals surface area (Å²) in [5.41, 5.74) is 8.23. The lowest BCUT2D eigenvalue weighted by Gasteiger charge is -2.13. The summed E-state index contributed by atoms with van der Waals surface area (Å²) in [7, 11) is 0. The fourth-order valence-electron chi connectivity index (χ4n) is 1.82. The van der Waals surface area contributed by atoms with Gasteiger partial charge in [-0.25, -0.2) is 0 Å². The summed E-state index contributed by atoms with van der Waals surface area (Å²) >= 11 is 6.10. The minimum Gasteiger partial charge on any atom is -0.492 e. The monoisotopic (exact) mass is 211 g/mol. The summed E-state index contributed by atoms with van der Waals surface area (Å²) in [4.78, 5) is 0. The first-order valence-corrected chi connectivity index (χ1v) is 5.24. The molecule has 0 spiro atoms. The average Bonchev–Trinajstić information content (AvgIpc) is 2.29. The van der Waals surface area contributed by atoms with Crippen molar-refractivity contribution >= 4 is 11.6 Å². The number of ether oxygens (including phenoxy) is 1. The topological polar surface area (TPSA) is 35.2 Å². The molecule has 1 aromatic carbocycles. The Labute approximate surface area is 89.0 Å². The van der Waals surface area contributed by atoms with Gasteiger partial charge in [0, 0.05) is 11.6 Å². The van der Waals surface area contributed by atoms with Gasteiger partial charge in [-0.3, -0.25) is 0 Å². The van der Waals surface area contributed by atoms with Gasteiger partial charge in [-0.2, -0.15) is 0 Å². The molecule has 14 heavy (non-hydrogen) atoms. The molecule has 1 unspecified atom stereocenters. The van der Waals surface area contributed by atoms with E-state index in [1.54, 1.807) is 0 Å². The molecule has 0 fully saturated rings. The third-order valence-corrected chi connectivity index (χ3v) is 2.80. The highest BCUT2D eigenvalue weighted by Crippen LogP contribution is 2.36. The highest BCUT2D eigenvalue weighted by molar-refractivity contribution is 6.32. The molecule has 0 radical (unpaired) electrons. The van der Waals surface area contributed by atoms with Crippen LogP contribution in [0.2, 0.25) is 5.02 Å². The maximum Gasteiger partial charge on any atom is 0.142 e. The molecule has 1 aliphatic rings. The van der Waals surface area contributed by atoms with Crippen LogP contribution in [-0.2, 0) is 0 Å². The Bertz CT molecular complexity index is 351. The molecule has 0 saturated carbocycles. The zero-order chi connectivity index (χ0) is 10.1. The van der Waals surface area contributed by atoms with Crippen molar-refractivity contribution in [1.82, 2.24) is 0 Å². The molecule has 76 valence electrons. The van der Waals surface area contributed by atoms with Crippen molar-refractivity contribution in [2.75, 3.05) is 6.61 Å². The Balaban J connectivity index is 2.53. The van der Waals surface area contributed by atoms with Crippen LogP contribution in [0.25, 0.3) is 0 Å². The van der Waals surface area contributed by atoms with Crippen molar-refractivity contribution in [3.05, 3.63) is 28.3 Å². The maximum atomic E-state index is 6.10. The van der Waals surface area contributed by atoms with Gasteiger partial charge < -0.3 is 10.5 Å². The van der Waals surface area contributed by atoms with Crippen LogP contribution in [0.3, 0.4) is 0 Å². The van der Waals surface area contributed by atoms with Crippen LogP contribution in [0.1, 0.15) is 30.0 Å². The molecule has 0 amide bonds. The molecule has 0 saturated heterocycles. The molecule has 2 N–H and O–H groups in total. The summed E-state index contributed by atoms with van der Waals surface area (Å²) < 4.78 is 5.59. The number of hydrogen-bond donors (Lipinski definition) is 1. The van der Waals surface area contributed by atoms with Crippen molar-refractivity contribution < 1.29 is 4.74 Å². The Morgan fingerprint density at radius 2 is 2.29 bits per heavy atom. The standard InChI is InChI=1S/C11H14ClNO/c1-7-5-8-10(13)3-2-4-14-11(8)9(12)6-7/h5-6,10H,2-4,13H2,1H3. The van der Waals surface area contributed by atoms with Gasteiger partial charge in [0.2, 0.25) is 0 Å². The van der Waals surface area contributed by atoms with E-state index in [2.05, 4.69) is 6.07 Å². The smallest absolute Gasteiger partial charge is 0.142 e. The van der Waals surface area contributed by atoms with E-state index in [9.17, 15) is 0 Å². The van der Waals surface area contributed by atoms with E-state index in [1.807, 2.05) is 13.0 Å². The second-order valence-electron chi connectivity index (χ2n) is 3.76. The number of aryl methyl sites for hydroxylation is 1. The summed E-state index contributed by atoms with van der Waals surface area (Å²) in [6.45, 7) is 2.73. The van der Waals surface area contributed by atoms with Crippen LogP contribution in [0.5, 0.6) is 5.75 Å². The second-order valence-corrected chi connectivity index (χ2v) is 4.17. The number of halogens is 1. The van der Waals surface area contributed by atoms with Gasteiger partial charge >= 0.3 is 0 Å². The Morgan fingerprint density at radius 1 is 1.50 bits per heavy atom. The minimum atomic E-state index is 0.0601. The van der Waals surface area contributed by atoms with Crippen molar-refractivity contribution in [3.63, 3.8) is 0 Å². The lowest BCUT2D eigenvalue weighted by Crippen LogP contribution is -2.09. The van der Waals surface area contributed by atoms with Gasteiger partial charge in [-0.05, 0) is 31.4 Å². The lowest BCUT2D eigenvalue weighted by atomic mass is 10.0. The summed E-state index contributed by atoms with van der Waals surface area (Å²) in [6, 6.07) is 4.04. The fraction of sp³-hybridized carbons (Fsp3) is 0.455. The molecular weight excluding hydrogens is 198 g/mol. The van der Waals surface area contributed by atoms with E-state index >= 15 is 0 Å². The third kappa shape index (κ3) is 1.72. The van der Waals surface area contributed by atoms with Crippen LogP contribution < -0.4 is 10.5 Å². The molecule has 2 rings (SSSR count). The largest absolute Gasteiger partial charge is 0.492 e. The third-order valence-electron chi connectivity index (χ3n) is 2.52. The normalized spacial score (nSPS) is 20.9. The van der Waals surface area contributed by atoms with Crippen molar-refractivity contribution in [2.24, 2.45) is 5.73 Å². The van der Waals surface area contributed by atoms with Crippen LogP contribution in [-0.4, -0.2) is 6.61 Å². The number of hydrogen-bond acceptors (Lipinski definition) is 2. The average molecular weight is 212 g/mol. The molecule has 1 aromatic rings. The van der Waals surface area contributed by atoms with Gasteiger partial charge in [0.25, 0.3) is 0 Å². The predicted molar refractivity (Wildman–Crippen MR) is 57.8 cm³/mol. The molecule has 0 bridgehead atoms. The van der Waals surface area contributed by atoms with Crippen molar-refractivity contribution in [1.29, 1.82) is 0 Å². The molecule has 0 aromatic heterocycles. The van der Waals surface area contributed by atoms with Crippen LogP contribution >= 0.6 is 11.6 Å². The number of rotatable bonds is 0. The van der Waals surface area contributed by atoms with Crippen LogP contribution in [0, 0.1) is 6.92 Å². The summed E-state index contributed by atoms with van der Waals surface area (Å²) in [5.74, 6) is 0.780. The zero-order valence-electron chi connectivity index (χ0n) is 8.22. The first-order chi connectivity index (χ1) is 6.68. The second kappa shape index (κ2) is 3.79. The van der Waals surface area contributed by atoms with Gasteiger partial charge in [0.1, 0.15) is 5.75 Å². The Hall–Kier alpha value is -0.730. The van der Waals surface area contributed by atoms with E-state index in [4.69, 9.17) is 22.1 Å². The van der Waals surface area contributed by atoms with Gasteiger partial charge in [0.15, 0.2) is 0 Å². The van der Waals surface area contributed by atoms with Crippen molar-refractivity contribution in [2.45, 2.75) is 25.8 Å². The SMILES string of the molecule is Cc1cc(Cl)c2c(c1)C(N)CCCO2. The number of nitrogens with two attached hydrogens (primary N) is 1. The van der Waals surface area contributed by atoms with Crippen molar-refractivity contribution in [3.8, 4) is 5.75 Å². The lowest BCUT2D eigenvalue weighted by molar-refractivity contribution is 0.316. The highest BCUT2D eigenvalue weighted by atomic mass is 35.5. The van der Waals surface area contributed by atoms with E-state index in [-0.39, 0.29) is 6.04 Å². The minimum absolute atomic E-state index is 0.0601. The first-order valence-electron chi connectivity index (χ1n) is 4.87. The summed E-state index contributed by atoms with van der Waals surface area (Å²) in [6.07, 6.45) is 1.96. The van der Waals surface area contributed by atoms with Gasteiger partial charge in [-0.15, -0.1) is 0 Å². The quantitative estimate of drug-likeness (QED) is 0.716. The molecule has 1 heterocycles. The van der Waals surface area contributed by atoms with Gasteiger partial charge in [0.05, 0.1) is 11.6 Å². The first kappa shape index (κ1) is 9.81. The molecule has 1 aliphatic heterocycles. The maximum absolute atomic E-state index is 6.10. The Kier molecular flexibility index (Phi) is 2.66. The van der Waals surface area contributed by atoms with E-state index in [1.165, 1.54) is 0 Å². The molecule has 2 nitrogen and oxygen atoms in total. The van der Waals surface area contributed by atoms with E-state index in [0.29, 0.717) is 11.6 Å². The number of fused-ring (bicyclic) bond motifs is 1. The zero-order valence-corrected chi connectivity index (χ0v) is 8.97. The molecule has 1 atom stereocenters. The van der Waals surface area contributed by atoms with Crippen LogP contribution in [0.4, 0.5) is 0 Å².